The lowest BCUT2D eigenvalue weighted by molar-refractivity contribution is -0.385. The molecule has 1 aromatic carbocycles. The quantitative estimate of drug-likeness (QED) is 0.412. The summed E-state index contributed by atoms with van der Waals surface area (Å²) in [6.45, 7) is 5.91. The first-order valence-corrected chi connectivity index (χ1v) is 8.25. The van der Waals surface area contributed by atoms with Crippen molar-refractivity contribution in [3.05, 3.63) is 49.9 Å². The van der Waals surface area contributed by atoms with Crippen molar-refractivity contribution in [2.24, 2.45) is 5.10 Å². The summed E-state index contributed by atoms with van der Waals surface area (Å²) in [7, 11) is 1.34. The van der Waals surface area contributed by atoms with Crippen LogP contribution in [0.3, 0.4) is 0 Å². The lowest BCUT2D eigenvalue weighted by Gasteiger charge is -2.10. The number of anilines is 1. The van der Waals surface area contributed by atoms with Gasteiger partial charge in [-0.1, -0.05) is 13.8 Å². The van der Waals surface area contributed by atoms with Gasteiger partial charge in [0.05, 0.1) is 30.5 Å². The van der Waals surface area contributed by atoms with E-state index in [1.54, 1.807) is 13.0 Å². The van der Waals surface area contributed by atoms with Crippen molar-refractivity contribution in [3.8, 4) is 11.5 Å². The number of nitrogens with one attached hydrogen (secondary N) is 2. The number of methoxy groups -OCH3 is 1. The second-order valence-electron chi connectivity index (χ2n) is 5.81. The number of hydrogen-bond acceptors (Lipinski definition) is 8. The van der Waals surface area contributed by atoms with Crippen LogP contribution < -0.4 is 20.5 Å². The number of hydrazone groups is 1. The zero-order chi connectivity index (χ0) is 20.0. The Balaban J connectivity index is 2.31. The van der Waals surface area contributed by atoms with Gasteiger partial charge in [-0.3, -0.25) is 19.9 Å². The minimum Gasteiger partial charge on any atom is -0.490 e. The van der Waals surface area contributed by atoms with Crippen molar-refractivity contribution >= 4 is 17.9 Å². The maximum Gasteiger partial charge on any atom is 0.315 e. The fourth-order valence-electron chi connectivity index (χ4n) is 2.28. The van der Waals surface area contributed by atoms with Crippen LogP contribution in [0.25, 0.3) is 0 Å². The fourth-order valence-corrected chi connectivity index (χ4v) is 2.28. The van der Waals surface area contributed by atoms with E-state index in [1.165, 1.54) is 25.5 Å². The molecule has 10 nitrogen and oxygen atoms in total. The second kappa shape index (κ2) is 8.79. The van der Waals surface area contributed by atoms with Gasteiger partial charge in [0.15, 0.2) is 5.75 Å². The van der Waals surface area contributed by atoms with Crippen molar-refractivity contribution in [2.75, 3.05) is 19.1 Å². The van der Waals surface area contributed by atoms with Crippen LogP contribution in [0.1, 0.15) is 37.9 Å². The molecule has 0 amide bonds. The minimum absolute atomic E-state index is 0.0441. The standard InChI is InChI=1S/C17H21N5O5/c1-5-27-14-7-11(6-13(22(24)25)16(14)26-4)9-18-21-17-19-12(10(2)3)8-15(23)20-17/h6-10H,5H2,1-4H3,(H2,19,20,21,23)/b18-9-. The smallest absolute Gasteiger partial charge is 0.315 e. The molecule has 0 aliphatic carbocycles. The monoisotopic (exact) mass is 375 g/mol. The molecule has 2 N–H and O–H groups in total. The summed E-state index contributed by atoms with van der Waals surface area (Å²) in [5.41, 5.74) is 3.12. The van der Waals surface area contributed by atoms with E-state index in [9.17, 15) is 14.9 Å². The highest BCUT2D eigenvalue weighted by atomic mass is 16.6. The molecule has 144 valence electrons. The number of rotatable bonds is 8. The number of H-pyrrole nitrogens is 1. The molecule has 0 aliphatic heterocycles. The van der Waals surface area contributed by atoms with E-state index in [-0.39, 0.29) is 34.6 Å². The summed E-state index contributed by atoms with van der Waals surface area (Å²) in [5.74, 6) is 0.539. The number of aromatic amines is 1. The Labute approximate surface area is 155 Å². The number of nitro groups is 1. The zero-order valence-electron chi connectivity index (χ0n) is 15.5. The van der Waals surface area contributed by atoms with E-state index < -0.39 is 4.92 Å². The van der Waals surface area contributed by atoms with Gasteiger partial charge in [0.2, 0.25) is 11.7 Å². The van der Waals surface area contributed by atoms with Crippen molar-refractivity contribution in [2.45, 2.75) is 26.7 Å². The van der Waals surface area contributed by atoms with Crippen LogP contribution in [0.5, 0.6) is 11.5 Å². The van der Waals surface area contributed by atoms with E-state index in [0.29, 0.717) is 17.9 Å². The lowest BCUT2D eigenvalue weighted by atomic mass is 10.1. The molecule has 10 heteroatoms. The highest BCUT2D eigenvalue weighted by molar-refractivity contribution is 5.83. The summed E-state index contributed by atoms with van der Waals surface area (Å²) in [6, 6.07) is 4.30. The van der Waals surface area contributed by atoms with Crippen LogP contribution in [-0.4, -0.2) is 34.8 Å². The molecule has 1 aromatic heterocycles. The second-order valence-corrected chi connectivity index (χ2v) is 5.81. The number of nitro benzene ring substituents is 1. The van der Waals surface area contributed by atoms with Crippen LogP contribution in [0.4, 0.5) is 11.6 Å². The van der Waals surface area contributed by atoms with Crippen molar-refractivity contribution in [3.63, 3.8) is 0 Å². The molecule has 0 atom stereocenters. The third-order valence-corrected chi connectivity index (χ3v) is 3.50. The minimum atomic E-state index is -0.558. The Bertz CT molecular complexity index is 907. The van der Waals surface area contributed by atoms with Gasteiger partial charge in [0, 0.05) is 17.7 Å². The molecular formula is C17H21N5O5. The van der Waals surface area contributed by atoms with Gasteiger partial charge in [-0.05, 0) is 18.9 Å². The van der Waals surface area contributed by atoms with Gasteiger partial charge in [-0.2, -0.15) is 5.10 Å². The SMILES string of the molecule is CCOc1cc(/C=N\Nc2nc(C(C)C)cc(=O)[nH]2)cc([N+](=O)[O-])c1OC. The molecule has 0 unspecified atom stereocenters. The highest BCUT2D eigenvalue weighted by Gasteiger charge is 2.21. The predicted octanol–water partition coefficient (Wildman–Crippen LogP) is 2.65. The normalized spacial score (nSPS) is 11.0. The number of aromatic nitrogens is 2. The molecular weight excluding hydrogens is 354 g/mol. The number of hydrogen-bond donors (Lipinski definition) is 2. The Hall–Kier alpha value is -3.43. The van der Waals surface area contributed by atoms with Gasteiger partial charge >= 0.3 is 5.69 Å². The molecule has 0 radical (unpaired) electrons. The Morgan fingerprint density at radius 3 is 2.74 bits per heavy atom. The van der Waals surface area contributed by atoms with Crippen LogP contribution >= 0.6 is 0 Å². The summed E-state index contributed by atoms with van der Waals surface area (Å²) in [4.78, 5) is 29.2. The molecule has 0 bridgehead atoms. The van der Waals surface area contributed by atoms with Crippen LogP contribution in [0.15, 0.2) is 28.1 Å². The summed E-state index contributed by atoms with van der Waals surface area (Å²) >= 11 is 0. The maximum atomic E-state index is 11.7. The predicted molar refractivity (Wildman–Crippen MR) is 101 cm³/mol. The first kappa shape index (κ1) is 19.9. The number of nitrogens with zero attached hydrogens (tertiary/aromatic N) is 3. The van der Waals surface area contributed by atoms with Crippen LogP contribution in [-0.2, 0) is 0 Å². The summed E-state index contributed by atoms with van der Waals surface area (Å²) in [6.07, 6.45) is 1.36. The van der Waals surface area contributed by atoms with E-state index in [1.807, 2.05) is 13.8 Å². The molecule has 0 saturated heterocycles. The lowest BCUT2D eigenvalue weighted by Crippen LogP contribution is -2.12. The Morgan fingerprint density at radius 2 is 2.15 bits per heavy atom. The van der Waals surface area contributed by atoms with E-state index in [2.05, 4.69) is 20.5 Å². The van der Waals surface area contributed by atoms with Crippen molar-refractivity contribution in [1.29, 1.82) is 0 Å². The van der Waals surface area contributed by atoms with Gasteiger partial charge in [0.25, 0.3) is 5.56 Å². The molecule has 0 aliphatic rings. The van der Waals surface area contributed by atoms with Crippen LogP contribution in [0.2, 0.25) is 0 Å². The average Bonchev–Trinajstić information content (AvgIpc) is 2.61. The van der Waals surface area contributed by atoms with Gasteiger partial charge in [0.1, 0.15) is 0 Å². The van der Waals surface area contributed by atoms with Gasteiger partial charge in [-0.15, -0.1) is 0 Å². The highest BCUT2D eigenvalue weighted by Crippen LogP contribution is 2.37. The average molecular weight is 375 g/mol. The van der Waals surface area contributed by atoms with E-state index in [4.69, 9.17) is 9.47 Å². The van der Waals surface area contributed by atoms with Gasteiger partial charge in [-0.25, -0.2) is 10.4 Å². The molecule has 1 heterocycles. The molecule has 0 saturated carbocycles. The van der Waals surface area contributed by atoms with Gasteiger partial charge < -0.3 is 9.47 Å². The zero-order valence-corrected chi connectivity index (χ0v) is 15.5. The molecule has 0 fully saturated rings. The molecule has 0 spiro atoms. The first-order chi connectivity index (χ1) is 12.8. The molecule has 2 aromatic rings. The first-order valence-electron chi connectivity index (χ1n) is 8.25. The van der Waals surface area contributed by atoms with Crippen LogP contribution in [0, 0.1) is 10.1 Å². The topological polar surface area (TPSA) is 132 Å². The fraction of sp³-hybridized carbons (Fsp3) is 0.353. The third-order valence-electron chi connectivity index (χ3n) is 3.50. The number of ether oxygens (including phenoxy) is 2. The molecule has 27 heavy (non-hydrogen) atoms. The third kappa shape index (κ3) is 5.03. The Morgan fingerprint density at radius 1 is 1.41 bits per heavy atom. The largest absolute Gasteiger partial charge is 0.490 e. The van der Waals surface area contributed by atoms with Crippen molar-refractivity contribution < 1.29 is 14.4 Å². The van der Waals surface area contributed by atoms with E-state index in [0.717, 1.165) is 0 Å². The number of benzene rings is 1. The molecule has 2 rings (SSSR count). The van der Waals surface area contributed by atoms with Crippen molar-refractivity contribution in [1.82, 2.24) is 9.97 Å². The Kier molecular flexibility index (Phi) is 6.47. The summed E-state index contributed by atoms with van der Waals surface area (Å²) < 4.78 is 10.5. The summed E-state index contributed by atoms with van der Waals surface area (Å²) in [5, 5.41) is 15.3. The van der Waals surface area contributed by atoms with E-state index >= 15 is 0 Å². The maximum absolute atomic E-state index is 11.7.